The minimum absolute atomic E-state index is 0.0799. The zero-order valence-corrected chi connectivity index (χ0v) is 11.7. The Morgan fingerprint density at radius 3 is 2.82 bits per heavy atom. The summed E-state index contributed by atoms with van der Waals surface area (Å²) in [4.78, 5) is 15.4. The third kappa shape index (κ3) is 3.98. The van der Waals surface area contributed by atoms with Crippen molar-refractivity contribution in [2.75, 3.05) is 0 Å². The zero-order valence-electron chi connectivity index (χ0n) is 11.7. The van der Waals surface area contributed by atoms with E-state index in [4.69, 9.17) is 9.84 Å². The van der Waals surface area contributed by atoms with Crippen LogP contribution in [0.5, 0.6) is 11.6 Å². The number of carbonyl (C=O) groups excluding carboxylic acids is 1. The summed E-state index contributed by atoms with van der Waals surface area (Å²) >= 11 is 0. The van der Waals surface area contributed by atoms with Crippen LogP contribution in [0.2, 0.25) is 0 Å². The molecule has 0 radical (unpaired) electrons. The first-order valence-electron chi connectivity index (χ1n) is 6.50. The SMILES string of the molecule is C[C@@H](O)C(=O)NCc1cccnc1Oc1ccc(F)c(F)c1. The van der Waals surface area contributed by atoms with Crippen molar-refractivity contribution in [2.45, 2.75) is 19.6 Å². The van der Waals surface area contributed by atoms with Gasteiger partial charge < -0.3 is 15.2 Å². The molecule has 1 atom stereocenters. The largest absolute Gasteiger partial charge is 0.439 e. The minimum atomic E-state index is -1.13. The van der Waals surface area contributed by atoms with Crippen molar-refractivity contribution in [3.8, 4) is 11.6 Å². The van der Waals surface area contributed by atoms with Gasteiger partial charge in [-0.05, 0) is 25.1 Å². The van der Waals surface area contributed by atoms with Crippen molar-refractivity contribution in [3.05, 3.63) is 53.7 Å². The molecule has 0 saturated carbocycles. The standard InChI is InChI=1S/C15H14F2N2O3/c1-9(20)14(21)19-8-10-3-2-6-18-15(10)22-11-4-5-12(16)13(17)7-11/h2-7,9,20H,8H2,1H3,(H,19,21)/t9-/m1/s1. The predicted molar refractivity (Wildman–Crippen MR) is 74.2 cm³/mol. The second-order valence-electron chi connectivity index (χ2n) is 4.54. The molecule has 1 heterocycles. The van der Waals surface area contributed by atoms with Crippen LogP contribution < -0.4 is 10.1 Å². The summed E-state index contributed by atoms with van der Waals surface area (Å²) in [5, 5.41) is 11.6. The lowest BCUT2D eigenvalue weighted by atomic mass is 10.2. The maximum atomic E-state index is 13.2. The maximum absolute atomic E-state index is 13.2. The number of hydrogen-bond acceptors (Lipinski definition) is 4. The Bertz CT molecular complexity index is 678. The number of aliphatic hydroxyl groups excluding tert-OH is 1. The third-order valence-corrected chi connectivity index (χ3v) is 2.79. The molecule has 22 heavy (non-hydrogen) atoms. The number of hydrogen-bond donors (Lipinski definition) is 2. The number of aliphatic hydroxyl groups is 1. The van der Waals surface area contributed by atoms with Crippen molar-refractivity contribution < 1.29 is 23.4 Å². The number of nitrogens with one attached hydrogen (secondary N) is 1. The van der Waals surface area contributed by atoms with Gasteiger partial charge in [0.2, 0.25) is 11.8 Å². The van der Waals surface area contributed by atoms with E-state index >= 15 is 0 Å². The van der Waals surface area contributed by atoms with E-state index in [1.807, 2.05) is 0 Å². The van der Waals surface area contributed by atoms with Gasteiger partial charge in [0.15, 0.2) is 11.6 Å². The van der Waals surface area contributed by atoms with Gasteiger partial charge in [0, 0.05) is 24.4 Å². The van der Waals surface area contributed by atoms with Crippen molar-refractivity contribution in [1.82, 2.24) is 10.3 Å². The van der Waals surface area contributed by atoms with Crippen LogP contribution in [0.3, 0.4) is 0 Å². The molecule has 2 N–H and O–H groups in total. The van der Waals surface area contributed by atoms with E-state index in [2.05, 4.69) is 10.3 Å². The molecular weight excluding hydrogens is 294 g/mol. The van der Waals surface area contributed by atoms with Gasteiger partial charge in [0.1, 0.15) is 11.9 Å². The van der Waals surface area contributed by atoms with Crippen LogP contribution in [0.4, 0.5) is 8.78 Å². The Kier molecular flexibility index (Phi) is 5.00. The molecule has 1 aromatic heterocycles. The second-order valence-corrected chi connectivity index (χ2v) is 4.54. The van der Waals surface area contributed by atoms with E-state index in [1.165, 1.54) is 19.2 Å². The fourth-order valence-electron chi connectivity index (χ4n) is 1.63. The predicted octanol–water partition coefficient (Wildman–Crippen LogP) is 2.15. The van der Waals surface area contributed by atoms with Gasteiger partial charge in [0.05, 0.1) is 0 Å². The van der Waals surface area contributed by atoms with Crippen LogP contribution in [0.15, 0.2) is 36.5 Å². The summed E-state index contributed by atoms with van der Waals surface area (Å²) in [6.45, 7) is 1.42. The number of aromatic nitrogens is 1. The molecule has 2 rings (SSSR count). The molecule has 0 aliphatic rings. The monoisotopic (exact) mass is 308 g/mol. The Labute approximate surface area is 125 Å². The van der Waals surface area contributed by atoms with Crippen LogP contribution >= 0.6 is 0 Å². The Hall–Kier alpha value is -2.54. The van der Waals surface area contributed by atoms with Crippen LogP contribution in [-0.4, -0.2) is 22.1 Å². The van der Waals surface area contributed by atoms with E-state index in [0.717, 1.165) is 12.1 Å². The number of pyridine rings is 1. The van der Waals surface area contributed by atoms with Crippen LogP contribution in [0.1, 0.15) is 12.5 Å². The number of halogens is 2. The van der Waals surface area contributed by atoms with E-state index < -0.39 is 23.6 Å². The van der Waals surface area contributed by atoms with Gasteiger partial charge in [-0.3, -0.25) is 4.79 Å². The fourth-order valence-corrected chi connectivity index (χ4v) is 1.63. The second kappa shape index (κ2) is 6.95. The molecule has 0 bridgehead atoms. The van der Waals surface area contributed by atoms with Crippen molar-refractivity contribution in [1.29, 1.82) is 0 Å². The van der Waals surface area contributed by atoms with Crippen LogP contribution in [0.25, 0.3) is 0 Å². The quantitative estimate of drug-likeness (QED) is 0.888. The molecule has 1 aromatic carbocycles. The lowest BCUT2D eigenvalue weighted by Gasteiger charge is -2.11. The number of nitrogens with zero attached hydrogens (tertiary/aromatic N) is 1. The zero-order chi connectivity index (χ0) is 16.1. The highest BCUT2D eigenvalue weighted by molar-refractivity contribution is 5.79. The van der Waals surface area contributed by atoms with E-state index in [9.17, 15) is 13.6 Å². The van der Waals surface area contributed by atoms with Crippen molar-refractivity contribution in [3.63, 3.8) is 0 Å². The smallest absolute Gasteiger partial charge is 0.248 e. The van der Waals surface area contributed by atoms with E-state index in [1.54, 1.807) is 12.1 Å². The first kappa shape index (κ1) is 15.8. The molecule has 116 valence electrons. The maximum Gasteiger partial charge on any atom is 0.248 e. The Balaban J connectivity index is 2.14. The van der Waals surface area contributed by atoms with Crippen LogP contribution in [-0.2, 0) is 11.3 Å². The molecule has 1 amide bonds. The topological polar surface area (TPSA) is 71.5 Å². The van der Waals surface area contributed by atoms with Gasteiger partial charge >= 0.3 is 0 Å². The lowest BCUT2D eigenvalue weighted by Crippen LogP contribution is -2.32. The van der Waals surface area contributed by atoms with E-state index in [-0.39, 0.29) is 18.2 Å². The van der Waals surface area contributed by atoms with Gasteiger partial charge in [-0.25, -0.2) is 13.8 Å². The molecule has 5 nitrogen and oxygen atoms in total. The van der Waals surface area contributed by atoms with Crippen molar-refractivity contribution >= 4 is 5.91 Å². The summed E-state index contributed by atoms with van der Waals surface area (Å²) in [5.41, 5.74) is 0.529. The van der Waals surface area contributed by atoms with E-state index in [0.29, 0.717) is 5.56 Å². The summed E-state index contributed by atoms with van der Waals surface area (Å²) < 4.78 is 31.5. The molecule has 0 fully saturated rings. The van der Waals surface area contributed by atoms with Gasteiger partial charge in [-0.15, -0.1) is 0 Å². The summed E-state index contributed by atoms with van der Waals surface area (Å²) in [5.74, 6) is -2.31. The highest BCUT2D eigenvalue weighted by atomic mass is 19.2. The molecule has 0 aliphatic heterocycles. The van der Waals surface area contributed by atoms with Gasteiger partial charge in [0.25, 0.3) is 0 Å². The summed E-state index contributed by atoms with van der Waals surface area (Å²) in [7, 11) is 0. The Morgan fingerprint density at radius 1 is 1.36 bits per heavy atom. The Morgan fingerprint density at radius 2 is 2.14 bits per heavy atom. The molecule has 0 aliphatic carbocycles. The highest BCUT2D eigenvalue weighted by Crippen LogP contribution is 2.24. The summed E-state index contributed by atoms with van der Waals surface area (Å²) in [6, 6.07) is 6.42. The number of benzene rings is 1. The molecule has 0 unspecified atom stereocenters. The number of carbonyl (C=O) groups is 1. The van der Waals surface area contributed by atoms with Crippen molar-refractivity contribution in [2.24, 2.45) is 0 Å². The third-order valence-electron chi connectivity index (χ3n) is 2.79. The van der Waals surface area contributed by atoms with Gasteiger partial charge in [-0.1, -0.05) is 6.07 Å². The van der Waals surface area contributed by atoms with Crippen LogP contribution in [0, 0.1) is 11.6 Å². The fraction of sp³-hybridized carbons (Fsp3) is 0.200. The normalized spacial score (nSPS) is 11.8. The number of ether oxygens (including phenoxy) is 1. The average Bonchev–Trinajstić information content (AvgIpc) is 2.49. The number of rotatable bonds is 5. The minimum Gasteiger partial charge on any atom is -0.439 e. The molecule has 0 spiro atoms. The van der Waals surface area contributed by atoms with Gasteiger partial charge in [-0.2, -0.15) is 0 Å². The highest BCUT2D eigenvalue weighted by Gasteiger charge is 2.12. The molecule has 7 heteroatoms. The first-order chi connectivity index (χ1) is 10.5. The molecule has 0 saturated heterocycles. The summed E-state index contributed by atoms with van der Waals surface area (Å²) in [6.07, 6.45) is 0.335. The molecule has 2 aromatic rings. The molecular formula is C15H14F2N2O3. The lowest BCUT2D eigenvalue weighted by molar-refractivity contribution is -0.128. The number of amides is 1. The first-order valence-corrected chi connectivity index (χ1v) is 6.50. The average molecular weight is 308 g/mol.